The van der Waals surface area contributed by atoms with Gasteiger partial charge in [0.1, 0.15) is 12.4 Å². The number of fused-ring (bicyclic) bond motifs is 1. The summed E-state index contributed by atoms with van der Waals surface area (Å²) in [6.45, 7) is 4.76. The molecule has 4 nitrogen and oxygen atoms in total. The van der Waals surface area contributed by atoms with E-state index in [-0.39, 0.29) is 29.6 Å². The number of carbonyl (C=O) groups excluding carboxylic acids is 1. The lowest BCUT2D eigenvalue weighted by Gasteiger charge is -2.29. The molecule has 2 heterocycles. The molecule has 1 saturated heterocycles. The SMILES string of the molecule is CC1(CN)CCN(C(=O)C2COc3ccc(Cl)cc3C2)C1.Cl. The van der Waals surface area contributed by atoms with E-state index in [1.54, 1.807) is 0 Å². The van der Waals surface area contributed by atoms with Crippen LogP contribution in [0.15, 0.2) is 18.2 Å². The number of nitrogens with zero attached hydrogens (tertiary/aromatic N) is 1. The van der Waals surface area contributed by atoms with E-state index in [9.17, 15) is 4.79 Å². The van der Waals surface area contributed by atoms with Crippen molar-refractivity contribution in [3.8, 4) is 5.75 Å². The Kier molecular flexibility index (Phi) is 5.25. The number of halogens is 2. The quantitative estimate of drug-likeness (QED) is 0.896. The van der Waals surface area contributed by atoms with Crippen LogP contribution >= 0.6 is 24.0 Å². The Morgan fingerprint density at radius 2 is 2.32 bits per heavy atom. The summed E-state index contributed by atoms with van der Waals surface area (Å²) in [6.07, 6.45) is 1.68. The number of hydrogen-bond acceptors (Lipinski definition) is 3. The molecule has 0 bridgehead atoms. The van der Waals surface area contributed by atoms with Crippen molar-refractivity contribution >= 4 is 29.9 Å². The molecule has 0 spiro atoms. The number of hydrogen-bond donors (Lipinski definition) is 1. The van der Waals surface area contributed by atoms with E-state index in [0.29, 0.717) is 24.6 Å². The minimum atomic E-state index is -0.115. The molecular formula is C16H22Cl2N2O2. The second-order valence-electron chi connectivity index (χ2n) is 6.49. The van der Waals surface area contributed by atoms with E-state index in [0.717, 1.165) is 30.8 Å². The Labute approximate surface area is 142 Å². The summed E-state index contributed by atoms with van der Waals surface area (Å²) in [5.74, 6) is 0.908. The molecule has 122 valence electrons. The lowest BCUT2D eigenvalue weighted by Crippen LogP contribution is -2.41. The zero-order valence-electron chi connectivity index (χ0n) is 12.7. The van der Waals surface area contributed by atoms with Gasteiger partial charge >= 0.3 is 0 Å². The van der Waals surface area contributed by atoms with Gasteiger partial charge in [0.15, 0.2) is 0 Å². The van der Waals surface area contributed by atoms with Crippen LogP contribution in [0.1, 0.15) is 18.9 Å². The molecule has 2 unspecified atom stereocenters. The molecule has 0 aliphatic carbocycles. The van der Waals surface area contributed by atoms with Gasteiger partial charge in [-0.15, -0.1) is 12.4 Å². The van der Waals surface area contributed by atoms with Crippen LogP contribution in [0.25, 0.3) is 0 Å². The Hall–Kier alpha value is -0.970. The van der Waals surface area contributed by atoms with Crippen molar-refractivity contribution in [1.82, 2.24) is 4.90 Å². The largest absolute Gasteiger partial charge is 0.492 e. The third kappa shape index (κ3) is 3.34. The van der Waals surface area contributed by atoms with Gasteiger partial charge < -0.3 is 15.4 Å². The molecule has 0 saturated carbocycles. The third-order valence-corrected chi connectivity index (χ3v) is 4.88. The topological polar surface area (TPSA) is 55.6 Å². The smallest absolute Gasteiger partial charge is 0.229 e. The van der Waals surface area contributed by atoms with Crippen molar-refractivity contribution in [3.05, 3.63) is 28.8 Å². The first kappa shape index (κ1) is 17.4. The normalized spacial score (nSPS) is 26.9. The van der Waals surface area contributed by atoms with Crippen LogP contribution in [0.3, 0.4) is 0 Å². The Balaban J connectivity index is 0.00000176. The Bertz CT molecular complexity index is 567. The highest BCUT2D eigenvalue weighted by Gasteiger charge is 2.38. The maximum absolute atomic E-state index is 12.7. The van der Waals surface area contributed by atoms with Gasteiger partial charge in [-0.25, -0.2) is 0 Å². The second-order valence-corrected chi connectivity index (χ2v) is 6.93. The lowest BCUT2D eigenvalue weighted by atomic mass is 9.90. The lowest BCUT2D eigenvalue weighted by molar-refractivity contribution is -0.136. The molecular weight excluding hydrogens is 323 g/mol. The first-order valence-corrected chi connectivity index (χ1v) is 7.79. The summed E-state index contributed by atoms with van der Waals surface area (Å²) < 4.78 is 5.72. The first-order chi connectivity index (χ1) is 10.0. The first-order valence-electron chi connectivity index (χ1n) is 7.41. The average Bonchev–Trinajstić information content (AvgIpc) is 2.89. The molecule has 3 rings (SSSR count). The number of amides is 1. The summed E-state index contributed by atoms with van der Waals surface area (Å²) in [6, 6.07) is 5.58. The fraction of sp³-hybridized carbons (Fsp3) is 0.562. The van der Waals surface area contributed by atoms with E-state index < -0.39 is 0 Å². The number of nitrogens with two attached hydrogens (primary N) is 1. The van der Waals surface area contributed by atoms with Gasteiger partial charge in [0.25, 0.3) is 0 Å². The van der Waals surface area contributed by atoms with Crippen molar-refractivity contribution in [2.45, 2.75) is 19.8 Å². The van der Waals surface area contributed by atoms with Gasteiger partial charge in [-0.1, -0.05) is 18.5 Å². The van der Waals surface area contributed by atoms with E-state index in [4.69, 9.17) is 22.1 Å². The van der Waals surface area contributed by atoms with Gasteiger partial charge in [-0.2, -0.15) is 0 Å². The van der Waals surface area contributed by atoms with Crippen molar-refractivity contribution in [3.63, 3.8) is 0 Å². The molecule has 1 aromatic rings. The monoisotopic (exact) mass is 344 g/mol. The van der Waals surface area contributed by atoms with E-state index >= 15 is 0 Å². The molecule has 2 atom stereocenters. The number of likely N-dealkylation sites (tertiary alicyclic amines) is 1. The maximum Gasteiger partial charge on any atom is 0.229 e. The number of carbonyl (C=O) groups is 1. The molecule has 2 N–H and O–H groups in total. The highest BCUT2D eigenvalue weighted by molar-refractivity contribution is 6.30. The fourth-order valence-electron chi connectivity index (χ4n) is 3.16. The summed E-state index contributed by atoms with van der Waals surface area (Å²) >= 11 is 6.02. The highest BCUT2D eigenvalue weighted by atomic mass is 35.5. The summed E-state index contributed by atoms with van der Waals surface area (Å²) in [7, 11) is 0. The third-order valence-electron chi connectivity index (χ3n) is 4.64. The van der Waals surface area contributed by atoms with Crippen LogP contribution in [0.2, 0.25) is 5.02 Å². The van der Waals surface area contributed by atoms with E-state index in [1.807, 2.05) is 23.1 Å². The second kappa shape index (κ2) is 6.65. The van der Waals surface area contributed by atoms with Gasteiger partial charge in [0.05, 0.1) is 5.92 Å². The molecule has 1 aromatic carbocycles. The standard InChI is InChI=1S/C16H21ClN2O2.ClH/c1-16(9-18)4-5-19(10-16)15(20)12-6-11-7-13(17)2-3-14(11)21-8-12;/h2-3,7,12H,4-6,8-10,18H2,1H3;1H. The predicted octanol–water partition coefficient (Wildman–Crippen LogP) is 2.51. The van der Waals surface area contributed by atoms with Crippen LogP contribution < -0.4 is 10.5 Å². The number of rotatable bonds is 2. The van der Waals surface area contributed by atoms with Gasteiger partial charge in [0.2, 0.25) is 5.91 Å². The van der Waals surface area contributed by atoms with Crippen LogP contribution in [-0.2, 0) is 11.2 Å². The van der Waals surface area contributed by atoms with E-state index in [2.05, 4.69) is 6.92 Å². The van der Waals surface area contributed by atoms with Crippen LogP contribution in [-0.4, -0.2) is 37.0 Å². The number of benzene rings is 1. The molecule has 0 aromatic heterocycles. The van der Waals surface area contributed by atoms with Crippen molar-refractivity contribution in [2.75, 3.05) is 26.2 Å². The fourth-order valence-corrected chi connectivity index (χ4v) is 3.35. The van der Waals surface area contributed by atoms with Crippen molar-refractivity contribution in [2.24, 2.45) is 17.1 Å². The molecule has 1 fully saturated rings. The van der Waals surface area contributed by atoms with Crippen LogP contribution in [0.5, 0.6) is 5.75 Å². The summed E-state index contributed by atoms with van der Waals surface area (Å²) in [5.41, 5.74) is 6.89. The predicted molar refractivity (Wildman–Crippen MR) is 89.7 cm³/mol. The van der Waals surface area contributed by atoms with Crippen LogP contribution in [0.4, 0.5) is 0 Å². The zero-order valence-corrected chi connectivity index (χ0v) is 14.3. The Morgan fingerprint density at radius 3 is 3.00 bits per heavy atom. The molecule has 6 heteroatoms. The van der Waals surface area contributed by atoms with E-state index in [1.165, 1.54) is 0 Å². The minimum absolute atomic E-state index is 0. The highest BCUT2D eigenvalue weighted by Crippen LogP contribution is 2.33. The zero-order chi connectivity index (χ0) is 15.0. The molecule has 2 aliphatic heterocycles. The average molecular weight is 345 g/mol. The number of ether oxygens (including phenoxy) is 1. The summed E-state index contributed by atoms with van der Waals surface area (Å²) in [5, 5.41) is 0.683. The van der Waals surface area contributed by atoms with Crippen LogP contribution in [0, 0.1) is 11.3 Å². The van der Waals surface area contributed by atoms with Crippen molar-refractivity contribution < 1.29 is 9.53 Å². The molecule has 1 amide bonds. The Morgan fingerprint density at radius 1 is 1.55 bits per heavy atom. The molecule has 2 aliphatic rings. The maximum atomic E-state index is 12.7. The summed E-state index contributed by atoms with van der Waals surface area (Å²) in [4.78, 5) is 14.6. The van der Waals surface area contributed by atoms with Crippen molar-refractivity contribution in [1.29, 1.82) is 0 Å². The van der Waals surface area contributed by atoms with Gasteiger partial charge in [-0.05, 0) is 48.6 Å². The van der Waals surface area contributed by atoms with Gasteiger partial charge in [0, 0.05) is 18.1 Å². The van der Waals surface area contributed by atoms with Gasteiger partial charge in [-0.3, -0.25) is 4.79 Å². The minimum Gasteiger partial charge on any atom is -0.492 e. The molecule has 0 radical (unpaired) electrons. The molecule has 22 heavy (non-hydrogen) atoms.